The van der Waals surface area contributed by atoms with Gasteiger partial charge in [-0.1, -0.05) is 17.3 Å². The lowest BCUT2D eigenvalue weighted by Gasteiger charge is -2.17. The molecular formula is C19H19N5O2. The molecule has 132 valence electrons. The van der Waals surface area contributed by atoms with E-state index in [9.17, 15) is 4.79 Å². The third-order valence-electron chi connectivity index (χ3n) is 4.49. The van der Waals surface area contributed by atoms with Gasteiger partial charge in [-0.2, -0.15) is 0 Å². The third kappa shape index (κ3) is 3.15. The zero-order valence-corrected chi connectivity index (χ0v) is 14.4. The number of rotatable bonds is 4. The molecule has 3 aromatic rings. The van der Waals surface area contributed by atoms with Gasteiger partial charge in [0.15, 0.2) is 0 Å². The highest BCUT2D eigenvalue weighted by Gasteiger charge is 2.28. The van der Waals surface area contributed by atoms with Crippen LogP contribution in [0.15, 0.2) is 53.3 Å². The zero-order valence-electron chi connectivity index (χ0n) is 14.4. The fourth-order valence-electron chi connectivity index (χ4n) is 3.20. The first-order valence-electron chi connectivity index (χ1n) is 8.57. The lowest BCUT2D eigenvalue weighted by atomic mass is 10.1. The van der Waals surface area contributed by atoms with E-state index < -0.39 is 0 Å². The van der Waals surface area contributed by atoms with Crippen molar-refractivity contribution in [3.63, 3.8) is 0 Å². The molecule has 1 fully saturated rings. The Morgan fingerprint density at radius 2 is 2.00 bits per heavy atom. The number of carbonyl (C=O) groups excluding carboxylic acids is 1. The van der Waals surface area contributed by atoms with Crippen LogP contribution in [0.4, 0.5) is 5.82 Å². The molecule has 3 aromatic heterocycles. The number of carbonyl (C=O) groups is 1. The van der Waals surface area contributed by atoms with Gasteiger partial charge in [-0.3, -0.25) is 9.78 Å². The van der Waals surface area contributed by atoms with Gasteiger partial charge in [0, 0.05) is 31.5 Å². The van der Waals surface area contributed by atoms with Crippen molar-refractivity contribution in [1.82, 2.24) is 20.4 Å². The number of aromatic nitrogens is 3. The van der Waals surface area contributed by atoms with Crippen LogP contribution >= 0.6 is 0 Å². The first-order valence-corrected chi connectivity index (χ1v) is 8.57. The molecule has 0 bridgehead atoms. The summed E-state index contributed by atoms with van der Waals surface area (Å²) >= 11 is 0. The second-order valence-electron chi connectivity index (χ2n) is 6.27. The van der Waals surface area contributed by atoms with Crippen molar-refractivity contribution in [2.75, 3.05) is 18.0 Å². The molecule has 1 aliphatic rings. The highest BCUT2D eigenvalue weighted by atomic mass is 16.5. The smallest absolute Gasteiger partial charge is 0.257 e. The lowest BCUT2D eigenvalue weighted by molar-refractivity contribution is 0.0939. The Labute approximate surface area is 151 Å². The van der Waals surface area contributed by atoms with Gasteiger partial charge in [0.1, 0.15) is 22.8 Å². The maximum Gasteiger partial charge on any atom is 0.257 e. The Kier molecular flexibility index (Phi) is 4.35. The largest absolute Gasteiger partial charge is 0.360 e. The van der Waals surface area contributed by atoms with Crippen molar-refractivity contribution in [1.29, 1.82) is 0 Å². The van der Waals surface area contributed by atoms with Crippen molar-refractivity contribution in [2.45, 2.75) is 19.4 Å². The maximum absolute atomic E-state index is 12.8. The number of aryl methyl sites for hydroxylation is 1. The highest BCUT2D eigenvalue weighted by Crippen LogP contribution is 2.24. The van der Waals surface area contributed by atoms with Crippen molar-refractivity contribution in [2.24, 2.45) is 0 Å². The third-order valence-corrected chi connectivity index (χ3v) is 4.49. The van der Waals surface area contributed by atoms with Gasteiger partial charge < -0.3 is 14.7 Å². The van der Waals surface area contributed by atoms with Crippen LogP contribution in [0, 0.1) is 6.92 Å². The first-order chi connectivity index (χ1) is 12.7. The number of hydrogen-bond acceptors (Lipinski definition) is 6. The summed E-state index contributed by atoms with van der Waals surface area (Å²) in [4.78, 5) is 23.7. The predicted octanol–water partition coefficient (Wildman–Crippen LogP) is 2.45. The molecule has 1 unspecified atom stereocenters. The van der Waals surface area contributed by atoms with Crippen LogP contribution in [0.25, 0.3) is 11.4 Å². The molecule has 4 rings (SSSR count). The first kappa shape index (κ1) is 16.3. The average molecular weight is 349 g/mol. The molecule has 4 heterocycles. The van der Waals surface area contributed by atoms with Crippen molar-refractivity contribution in [3.8, 4) is 11.4 Å². The number of pyridine rings is 2. The molecule has 0 saturated carbocycles. The topological polar surface area (TPSA) is 84.1 Å². The van der Waals surface area contributed by atoms with Gasteiger partial charge in [0.25, 0.3) is 5.91 Å². The zero-order chi connectivity index (χ0) is 17.9. The molecule has 7 heteroatoms. The van der Waals surface area contributed by atoms with E-state index in [0.29, 0.717) is 22.7 Å². The van der Waals surface area contributed by atoms with E-state index in [-0.39, 0.29) is 11.9 Å². The highest BCUT2D eigenvalue weighted by molar-refractivity contribution is 6.00. The Bertz CT molecular complexity index is 895. The van der Waals surface area contributed by atoms with Gasteiger partial charge in [-0.25, -0.2) is 4.98 Å². The van der Waals surface area contributed by atoms with E-state index in [0.717, 1.165) is 25.3 Å². The van der Waals surface area contributed by atoms with E-state index in [4.69, 9.17) is 4.52 Å². The Balaban J connectivity index is 1.49. The molecular weight excluding hydrogens is 330 g/mol. The molecule has 0 aliphatic carbocycles. The number of nitrogens with one attached hydrogen (secondary N) is 1. The minimum atomic E-state index is -0.183. The molecule has 0 radical (unpaired) electrons. The molecule has 26 heavy (non-hydrogen) atoms. The fraction of sp³-hybridized carbons (Fsp3) is 0.263. The summed E-state index contributed by atoms with van der Waals surface area (Å²) in [5.74, 6) is 1.24. The van der Waals surface area contributed by atoms with Crippen LogP contribution < -0.4 is 10.2 Å². The van der Waals surface area contributed by atoms with Gasteiger partial charge in [-0.05, 0) is 37.6 Å². The van der Waals surface area contributed by atoms with E-state index in [2.05, 4.69) is 25.3 Å². The normalized spacial score (nSPS) is 16.7. The van der Waals surface area contributed by atoms with Crippen molar-refractivity contribution in [3.05, 3.63) is 60.1 Å². The molecule has 1 saturated heterocycles. The number of nitrogens with zero attached hydrogens (tertiary/aromatic N) is 4. The van der Waals surface area contributed by atoms with Crippen LogP contribution in [0.3, 0.4) is 0 Å². The second kappa shape index (κ2) is 6.95. The van der Waals surface area contributed by atoms with Gasteiger partial charge in [0.2, 0.25) is 0 Å². The summed E-state index contributed by atoms with van der Waals surface area (Å²) in [6.45, 7) is 3.33. The average Bonchev–Trinajstić information content (AvgIpc) is 3.30. The molecule has 0 aromatic carbocycles. The van der Waals surface area contributed by atoms with Crippen LogP contribution in [0.1, 0.15) is 22.5 Å². The number of anilines is 1. The standard InChI is InChI=1S/C19H19N5O2/c1-13-17(18(23-26-13)15-6-2-4-9-20-15)19(25)22-14-8-11-24(12-14)16-7-3-5-10-21-16/h2-7,9-10,14H,8,11-12H2,1H3,(H,22,25). The maximum atomic E-state index is 12.8. The quantitative estimate of drug-likeness (QED) is 0.779. The number of amides is 1. The molecule has 1 N–H and O–H groups in total. The second-order valence-corrected chi connectivity index (χ2v) is 6.27. The van der Waals surface area contributed by atoms with Gasteiger partial charge >= 0.3 is 0 Å². The summed E-state index contributed by atoms with van der Waals surface area (Å²) in [6.07, 6.45) is 4.31. The summed E-state index contributed by atoms with van der Waals surface area (Å²) in [5.41, 5.74) is 1.54. The molecule has 1 atom stereocenters. The monoisotopic (exact) mass is 349 g/mol. The lowest BCUT2D eigenvalue weighted by Crippen LogP contribution is -2.37. The van der Waals surface area contributed by atoms with Gasteiger partial charge in [-0.15, -0.1) is 0 Å². The summed E-state index contributed by atoms with van der Waals surface area (Å²) < 4.78 is 5.25. The molecule has 0 spiro atoms. The van der Waals surface area contributed by atoms with Crippen LogP contribution in [0.5, 0.6) is 0 Å². The van der Waals surface area contributed by atoms with Gasteiger partial charge in [0.05, 0.1) is 5.69 Å². The summed E-state index contributed by atoms with van der Waals surface area (Å²) in [5, 5.41) is 7.12. The van der Waals surface area contributed by atoms with Crippen LogP contribution in [0.2, 0.25) is 0 Å². The van der Waals surface area contributed by atoms with Crippen molar-refractivity contribution >= 4 is 11.7 Å². The Morgan fingerprint density at radius 3 is 2.73 bits per heavy atom. The van der Waals surface area contributed by atoms with Crippen LogP contribution in [-0.4, -0.2) is 40.2 Å². The Morgan fingerprint density at radius 1 is 1.19 bits per heavy atom. The molecule has 1 amide bonds. The molecule has 1 aliphatic heterocycles. The molecule has 7 nitrogen and oxygen atoms in total. The van der Waals surface area contributed by atoms with Crippen LogP contribution in [-0.2, 0) is 0 Å². The van der Waals surface area contributed by atoms with E-state index in [1.807, 2.05) is 36.4 Å². The van der Waals surface area contributed by atoms with E-state index in [1.54, 1.807) is 19.3 Å². The summed E-state index contributed by atoms with van der Waals surface area (Å²) in [6, 6.07) is 11.4. The Hall–Kier alpha value is -3.22. The minimum absolute atomic E-state index is 0.0513. The van der Waals surface area contributed by atoms with E-state index >= 15 is 0 Å². The SMILES string of the molecule is Cc1onc(-c2ccccn2)c1C(=O)NC1CCN(c2ccccn2)C1. The number of hydrogen-bond donors (Lipinski definition) is 1. The fourth-order valence-corrected chi connectivity index (χ4v) is 3.20. The summed E-state index contributed by atoms with van der Waals surface area (Å²) in [7, 11) is 0. The predicted molar refractivity (Wildman–Crippen MR) is 96.8 cm³/mol. The minimum Gasteiger partial charge on any atom is -0.360 e. The van der Waals surface area contributed by atoms with E-state index in [1.165, 1.54) is 0 Å². The van der Waals surface area contributed by atoms with Crippen molar-refractivity contribution < 1.29 is 9.32 Å².